The highest BCUT2D eigenvalue weighted by Crippen LogP contribution is 1.90. The Labute approximate surface area is 80.4 Å². The quantitative estimate of drug-likeness (QED) is 0.521. The average Bonchev–Trinajstić information content (AvgIpc) is 2.01. The first-order valence-corrected chi connectivity index (χ1v) is 3.74. The summed E-state index contributed by atoms with van der Waals surface area (Å²) >= 11 is 0. The van der Waals surface area contributed by atoms with Gasteiger partial charge in [0, 0.05) is 7.11 Å². The average molecular weight is 204 g/mol. The third kappa shape index (κ3) is 5.09. The van der Waals surface area contributed by atoms with Crippen molar-refractivity contribution in [2.75, 3.05) is 26.8 Å². The summed E-state index contributed by atoms with van der Waals surface area (Å²) in [6.07, 6.45) is 0. The van der Waals surface area contributed by atoms with E-state index in [4.69, 9.17) is 10.8 Å². The molecule has 0 heterocycles. The second kappa shape index (κ2) is 5.92. The van der Waals surface area contributed by atoms with Crippen molar-refractivity contribution in [2.24, 2.45) is 5.73 Å². The highest BCUT2D eigenvalue weighted by Gasteiger charge is 2.17. The molecule has 3 N–H and O–H groups in total. The van der Waals surface area contributed by atoms with Gasteiger partial charge in [-0.1, -0.05) is 0 Å². The fourth-order valence-corrected chi connectivity index (χ4v) is 0.798. The molecule has 2 amide bonds. The van der Waals surface area contributed by atoms with Gasteiger partial charge in [-0.25, -0.2) is 0 Å². The van der Waals surface area contributed by atoms with Crippen molar-refractivity contribution in [1.82, 2.24) is 4.90 Å². The number of rotatable bonds is 6. The minimum atomic E-state index is -1.21. The lowest BCUT2D eigenvalue weighted by Crippen LogP contribution is -2.43. The zero-order chi connectivity index (χ0) is 11.1. The third-order valence-corrected chi connectivity index (χ3v) is 1.29. The molecule has 80 valence electrons. The third-order valence-electron chi connectivity index (χ3n) is 1.29. The first kappa shape index (κ1) is 12.4. The normalized spacial score (nSPS) is 9.50. The zero-order valence-corrected chi connectivity index (χ0v) is 7.73. The fraction of sp³-hybridized carbons (Fsp3) is 0.571. The van der Waals surface area contributed by atoms with Crippen LogP contribution >= 0.6 is 0 Å². The number of aliphatic carboxylic acids is 1. The molecule has 0 aromatic heterocycles. The lowest BCUT2D eigenvalue weighted by atomic mass is 10.4. The molecule has 0 saturated heterocycles. The van der Waals surface area contributed by atoms with Crippen LogP contribution in [0.15, 0.2) is 0 Å². The van der Waals surface area contributed by atoms with Crippen LogP contribution in [0.4, 0.5) is 0 Å². The molecule has 0 fully saturated rings. The Kier molecular flexibility index (Phi) is 5.23. The number of hydrogen-bond donors (Lipinski definition) is 2. The number of carboxylic acid groups (broad SMARTS) is 1. The van der Waals surface area contributed by atoms with Gasteiger partial charge in [0.2, 0.25) is 11.8 Å². The van der Waals surface area contributed by atoms with Crippen LogP contribution < -0.4 is 5.73 Å². The van der Waals surface area contributed by atoms with E-state index in [-0.39, 0.29) is 6.61 Å². The zero-order valence-electron chi connectivity index (χ0n) is 7.73. The molecule has 7 heteroatoms. The number of nitrogens with zero attached hydrogens (tertiary/aromatic N) is 1. The van der Waals surface area contributed by atoms with Gasteiger partial charge in [0.15, 0.2) is 0 Å². The van der Waals surface area contributed by atoms with Crippen molar-refractivity contribution in [3.8, 4) is 0 Å². The summed E-state index contributed by atoms with van der Waals surface area (Å²) in [5.41, 5.74) is 4.84. The predicted molar refractivity (Wildman–Crippen MR) is 45.3 cm³/mol. The highest BCUT2D eigenvalue weighted by atomic mass is 16.5. The van der Waals surface area contributed by atoms with E-state index in [0.717, 1.165) is 4.90 Å². The molecular formula is C7H12N2O5. The van der Waals surface area contributed by atoms with E-state index in [2.05, 4.69) is 4.74 Å². The molecule has 0 aromatic carbocycles. The standard InChI is InChI=1S/C7H12N2O5/c1-14-4-6(11)9(2-5(8)10)3-7(12)13/h2-4H2,1H3,(H2,8,10)(H,12,13). The maximum Gasteiger partial charge on any atom is 0.323 e. The smallest absolute Gasteiger partial charge is 0.323 e. The monoisotopic (exact) mass is 204 g/mol. The predicted octanol–water partition coefficient (Wildman–Crippen LogP) is -1.97. The number of carboxylic acids is 1. The Balaban J connectivity index is 4.29. The minimum Gasteiger partial charge on any atom is -0.480 e. The molecule has 0 aliphatic rings. The Morgan fingerprint density at radius 3 is 2.29 bits per heavy atom. The largest absolute Gasteiger partial charge is 0.480 e. The molecule has 0 radical (unpaired) electrons. The molecule has 0 aliphatic heterocycles. The second-order valence-electron chi connectivity index (χ2n) is 2.54. The van der Waals surface area contributed by atoms with Crippen LogP contribution in [-0.4, -0.2) is 54.6 Å². The van der Waals surface area contributed by atoms with E-state index in [1.807, 2.05) is 0 Å². The Morgan fingerprint density at radius 2 is 1.93 bits per heavy atom. The number of nitrogens with two attached hydrogens (primary N) is 1. The van der Waals surface area contributed by atoms with Crippen LogP contribution in [0.25, 0.3) is 0 Å². The Bertz CT molecular complexity index is 224. The van der Waals surface area contributed by atoms with E-state index < -0.39 is 30.9 Å². The van der Waals surface area contributed by atoms with Crippen LogP contribution in [0.2, 0.25) is 0 Å². The number of carbonyl (C=O) groups excluding carboxylic acids is 2. The first-order chi connectivity index (χ1) is 6.47. The van der Waals surface area contributed by atoms with Gasteiger partial charge in [0.1, 0.15) is 19.7 Å². The summed E-state index contributed by atoms with van der Waals surface area (Å²) in [5.74, 6) is -2.57. The van der Waals surface area contributed by atoms with Crippen molar-refractivity contribution < 1.29 is 24.2 Å². The number of primary amides is 1. The Morgan fingerprint density at radius 1 is 1.36 bits per heavy atom. The Hall–Kier alpha value is -1.63. The molecule has 0 aliphatic carbocycles. The number of ether oxygens (including phenoxy) is 1. The summed E-state index contributed by atoms with van der Waals surface area (Å²) in [5, 5.41) is 8.43. The number of amides is 2. The summed E-state index contributed by atoms with van der Waals surface area (Å²) in [7, 11) is 1.29. The first-order valence-electron chi connectivity index (χ1n) is 3.74. The molecule has 0 rings (SSSR count). The van der Waals surface area contributed by atoms with E-state index >= 15 is 0 Å². The minimum absolute atomic E-state index is 0.277. The van der Waals surface area contributed by atoms with Gasteiger partial charge in [0.25, 0.3) is 0 Å². The highest BCUT2D eigenvalue weighted by molar-refractivity contribution is 5.87. The topological polar surface area (TPSA) is 110 Å². The van der Waals surface area contributed by atoms with Crippen LogP contribution in [-0.2, 0) is 19.1 Å². The molecular weight excluding hydrogens is 192 g/mol. The summed E-state index contributed by atoms with van der Waals surface area (Å²) in [6, 6.07) is 0. The summed E-state index contributed by atoms with van der Waals surface area (Å²) in [4.78, 5) is 32.8. The lowest BCUT2D eigenvalue weighted by Gasteiger charge is -2.17. The van der Waals surface area contributed by atoms with Crippen molar-refractivity contribution >= 4 is 17.8 Å². The van der Waals surface area contributed by atoms with Crippen LogP contribution in [0.3, 0.4) is 0 Å². The van der Waals surface area contributed by atoms with Crippen LogP contribution in [0.5, 0.6) is 0 Å². The van der Waals surface area contributed by atoms with Crippen molar-refractivity contribution in [3.05, 3.63) is 0 Å². The van der Waals surface area contributed by atoms with E-state index in [1.165, 1.54) is 7.11 Å². The maximum atomic E-state index is 11.1. The number of carbonyl (C=O) groups is 3. The van der Waals surface area contributed by atoms with Crippen LogP contribution in [0.1, 0.15) is 0 Å². The van der Waals surface area contributed by atoms with E-state index in [0.29, 0.717) is 0 Å². The summed E-state index contributed by atoms with van der Waals surface area (Å²) < 4.78 is 4.51. The van der Waals surface area contributed by atoms with Gasteiger partial charge < -0.3 is 20.5 Å². The van der Waals surface area contributed by atoms with Gasteiger partial charge >= 0.3 is 5.97 Å². The van der Waals surface area contributed by atoms with Gasteiger partial charge in [0.05, 0.1) is 0 Å². The fourth-order valence-electron chi connectivity index (χ4n) is 0.798. The van der Waals surface area contributed by atoms with Crippen LogP contribution in [0, 0.1) is 0 Å². The van der Waals surface area contributed by atoms with Gasteiger partial charge in [-0.2, -0.15) is 0 Å². The molecule has 0 spiro atoms. The second-order valence-corrected chi connectivity index (χ2v) is 2.54. The number of methoxy groups -OCH3 is 1. The SMILES string of the molecule is COCC(=O)N(CC(N)=O)CC(=O)O. The summed E-state index contributed by atoms with van der Waals surface area (Å²) in [6.45, 7) is -1.26. The van der Waals surface area contributed by atoms with Gasteiger partial charge in [-0.15, -0.1) is 0 Å². The molecule has 0 aromatic rings. The molecule has 0 atom stereocenters. The molecule has 0 saturated carbocycles. The van der Waals surface area contributed by atoms with Gasteiger partial charge in [-0.05, 0) is 0 Å². The molecule has 0 unspecified atom stereocenters. The van der Waals surface area contributed by atoms with Crippen molar-refractivity contribution in [3.63, 3.8) is 0 Å². The number of hydrogen-bond acceptors (Lipinski definition) is 4. The maximum absolute atomic E-state index is 11.1. The molecule has 7 nitrogen and oxygen atoms in total. The van der Waals surface area contributed by atoms with E-state index in [9.17, 15) is 14.4 Å². The lowest BCUT2D eigenvalue weighted by molar-refractivity contribution is -0.147. The molecule has 0 bridgehead atoms. The van der Waals surface area contributed by atoms with Crippen molar-refractivity contribution in [1.29, 1.82) is 0 Å². The van der Waals surface area contributed by atoms with Crippen molar-refractivity contribution in [2.45, 2.75) is 0 Å². The van der Waals surface area contributed by atoms with Gasteiger partial charge in [-0.3, -0.25) is 14.4 Å². The van der Waals surface area contributed by atoms with E-state index in [1.54, 1.807) is 0 Å². The molecule has 14 heavy (non-hydrogen) atoms.